The molecular formula is C16H14N2O4S. The van der Waals surface area contributed by atoms with Gasteiger partial charge in [-0.15, -0.1) is 0 Å². The Bertz CT molecular complexity index is 835. The molecule has 0 saturated carbocycles. The van der Waals surface area contributed by atoms with E-state index in [0.717, 1.165) is 0 Å². The van der Waals surface area contributed by atoms with Gasteiger partial charge < -0.3 is 5.32 Å². The molecule has 1 aliphatic heterocycles. The van der Waals surface area contributed by atoms with E-state index in [2.05, 4.69) is 10.6 Å². The molecule has 118 valence electrons. The fourth-order valence-electron chi connectivity index (χ4n) is 2.49. The van der Waals surface area contributed by atoms with Crippen LogP contribution in [0.2, 0.25) is 0 Å². The topological polar surface area (TPSA) is 92.3 Å². The summed E-state index contributed by atoms with van der Waals surface area (Å²) in [5.74, 6) is -1.46. The van der Waals surface area contributed by atoms with Crippen LogP contribution in [0.4, 0.5) is 5.69 Å². The molecule has 0 aliphatic carbocycles. The second-order valence-corrected chi connectivity index (χ2v) is 7.19. The predicted molar refractivity (Wildman–Crippen MR) is 84.4 cm³/mol. The molecule has 1 heterocycles. The van der Waals surface area contributed by atoms with Gasteiger partial charge in [0.25, 0.3) is 5.91 Å². The molecule has 2 unspecified atom stereocenters. The summed E-state index contributed by atoms with van der Waals surface area (Å²) in [7, 11) is -3.99. The molecule has 1 fully saturated rings. The molecule has 7 heteroatoms. The Kier molecular flexibility index (Phi) is 3.87. The normalized spacial score (nSPS) is 21.0. The van der Waals surface area contributed by atoms with Crippen LogP contribution in [0, 0.1) is 0 Å². The van der Waals surface area contributed by atoms with Crippen molar-refractivity contribution in [2.24, 2.45) is 0 Å². The standard InChI is InChI=1S/C16H14N2O4S/c19-15-13(17-11-7-3-1-4-8-11)14(16(20)18-15)23(21,22)12-9-5-2-6-10-12/h1-10,13-14,17H,(H,18,19,20). The predicted octanol–water partition coefficient (Wildman–Crippen LogP) is 0.966. The molecule has 1 saturated heterocycles. The van der Waals surface area contributed by atoms with Crippen molar-refractivity contribution in [1.82, 2.24) is 5.32 Å². The van der Waals surface area contributed by atoms with Gasteiger partial charge in [-0.1, -0.05) is 36.4 Å². The molecule has 2 atom stereocenters. The van der Waals surface area contributed by atoms with Gasteiger partial charge in [0, 0.05) is 5.69 Å². The lowest BCUT2D eigenvalue weighted by molar-refractivity contribution is -0.124. The average molecular weight is 330 g/mol. The van der Waals surface area contributed by atoms with Crippen molar-refractivity contribution in [1.29, 1.82) is 0 Å². The highest BCUT2D eigenvalue weighted by Crippen LogP contribution is 2.24. The lowest BCUT2D eigenvalue weighted by atomic mass is 10.2. The van der Waals surface area contributed by atoms with E-state index in [1.807, 2.05) is 0 Å². The van der Waals surface area contributed by atoms with Crippen molar-refractivity contribution < 1.29 is 18.0 Å². The quantitative estimate of drug-likeness (QED) is 0.815. The lowest BCUT2D eigenvalue weighted by Gasteiger charge is -2.18. The van der Waals surface area contributed by atoms with Crippen LogP contribution in [0.25, 0.3) is 0 Å². The second-order valence-electron chi connectivity index (χ2n) is 5.12. The minimum atomic E-state index is -3.99. The molecule has 0 spiro atoms. The van der Waals surface area contributed by atoms with Crippen LogP contribution in [-0.2, 0) is 19.4 Å². The lowest BCUT2D eigenvalue weighted by Crippen LogP contribution is -2.42. The number of para-hydroxylation sites is 1. The highest BCUT2D eigenvalue weighted by Gasteiger charge is 2.50. The first kappa shape index (κ1) is 15.2. The van der Waals surface area contributed by atoms with E-state index in [-0.39, 0.29) is 4.90 Å². The van der Waals surface area contributed by atoms with Gasteiger partial charge in [-0.05, 0) is 24.3 Å². The van der Waals surface area contributed by atoms with Gasteiger partial charge in [0.1, 0.15) is 6.04 Å². The maximum atomic E-state index is 12.7. The van der Waals surface area contributed by atoms with Crippen LogP contribution < -0.4 is 10.6 Å². The number of rotatable bonds is 4. The minimum absolute atomic E-state index is 0.00899. The SMILES string of the molecule is O=C1NC(=O)C(S(=O)(=O)c2ccccc2)C1Nc1ccccc1. The molecule has 2 N–H and O–H groups in total. The number of benzene rings is 2. The summed E-state index contributed by atoms with van der Waals surface area (Å²) < 4.78 is 25.5. The Morgan fingerprint density at radius 2 is 1.39 bits per heavy atom. The van der Waals surface area contributed by atoms with Crippen molar-refractivity contribution in [2.75, 3.05) is 5.32 Å². The Hall–Kier alpha value is -2.67. The highest BCUT2D eigenvalue weighted by atomic mass is 32.2. The number of amides is 2. The fourth-order valence-corrected chi connectivity index (χ4v) is 4.21. The van der Waals surface area contributed by atoms with E-state index < -0.39 is 32.9 Å². The molecule has 0 aromatic heterocycles. The molecule has 2 aromatic rings. The van der Waals surface area contributed by atoms with E-state index in [1.165, 1.54) is 12.1 Å². The third-order valence-corrected chi connectivity index (χ3v) is 5.68. The number of nitrogens with one attached hydrogen (secondary N) is 2. The zero-order chi connectivity index (χ0) is 16.4. The first-order chi connectivity index (χ1) is 11.0. The molecule has 6 nitrogen and oxygen atoms in total. The number of carbonyl (C=O) groups is 2. The van der Waals surface area contributed by atoms with Gasteiger partial charge in [-0.25, -0.2) is 8.42 Å². The summed E-state index contributed by atoms with van der Waals surface area (Å²) in [6.45, 7) is 0. The summed E-state index contributed by atoms with van der Waals surface area (Å²) in [4.78, 5) is 24.1. The van der Waals surface area contributed by atoms with Gasteiger partial charge >= 0.3 is 0 Å². The second kappa shape index (κ2) is 5.85. The van der Waals surface area contributed by atoms with Crippen molar-refractivity contribution in [3.8, 4) is 0 Å². The molecule has 0 bridgehead atoms. The van der Waals surface area contributed by atoms with Crippen LogP contribution in [0.1, 0.15) is 0 Å². The van der Waals surface area contributed by atoms with E-state index >= 15 is 0 Å². The van der Waals surface area contributed by atoms with Crippen molar-refractivity contribution in [3.63, 3.8) is 0 Å². The largest absolute Gasteiger partial charge is 0.372 e. The molecule has 0 radical (unpaired) electrons. The van der Waals surface area contributed by atoms with E-state index in [1.54, 1.807) is 48.5 Å². The molecule has 3 rings (SSSR count). The summed E-state index contributed by atoms with van der Waals surface area (Å²) >= 11 is 0. The fraction of sp³-hybridized carbons (Fsp3) is 0.125. The Balaban J connectivity index is 1.98. The van der Waals surface area contributed by atoms with Crippen LogP contribution in [-0.4, -0.2) is 31.5 Å². The zero-order valence-corrected chi connectivity index (χ0v) is 12.8. The maximum absolute atomic E-state index is 12.7. The molecule has 23 heavy (non-hydrogen) atoms. The summed E-state index contributed by atoms with van der Waals surface area (Å²) in [5.41, 5.74) is 0.565. The highest BCUT2D eigenvalue weighted by molar-refractivity contribution is 7.93. The van der Waals surface area contributed by atoms with Crippen LogP contribution in [0.3, 0.4) is 0 Å². The van der Waals surface area contributed by atoms with E-state index in [4.69, 9.17) is 0 Å². The van der Waals surface area contributed by atoms with E-state index in [9.17, 15) is 18.0 Å². The van der Waals surface area contributed by atoms with Gasteiger partial charge in [0.15, 0.2) is 15.1 Å². The number of sulfone groups is 1. The number of imide groups is 1. The van der Waals surface area contributed by atoms with Crippen molar-refractivity contribution in [2.45, 2.75) is 16.2 Å². The first-order valence-electron chi connectivity index (χ1n) is 6.95. The van der Waals surface area contributed by atoms with Gasteiger partial charge in [0.05, 0.1) is 4.90 Å². The number of carbonyl (C=O) groups excluding carboxylic acids is 2. The zero-order valence-electron chi connectivity index (χ0n) is 12.0. The average Bonchev–Trinajstić information content (AvgIpc) is 2.83. The molecule has 2 aromatic carbocycles. The Labute approximate surface area is 133 Å². The minimum Gasteiger partial charge on any atom is -0.372 e. The number of hydrogen-bond acceptors (Lipinski definition) is 5. The number of hydrogen-bond donors (Lipinski definition) is 2. The van der Waals surface area contributed by atoms with Crippen LogP contribution >= 0.6 is 0 Å². The maximum Gasteiger partial charge on any atom is 0.251 e. The van der Waals surface area contributed by atoms with E-state index in [0.29, 0.717) is 5.69 Å². The monoisotopic (exact) mass is 330 g/mol. The summed E-state index contributed by atoms with van der Waals surface area (Å²) in [5, 5.41) is 3.43. The first-order valence-corrected chi connectivity index (χ1v) is 8.50. The molecule has 1 aliphatic rings. The van der Waals surface area contributed by atoms with Crippen LogP contribution in [0.15, 0.2) is 65.6 Å². The van der Waals surface area contributed by atoms with Crippen molar-refractivity contribution >= 4 is 27.3 Å². The smallest absolute Gasteiger partial charge is 0.251 e. The van der Waals surface area contributed by atoms with Crippen LogP contribution in [0.5, 0.6) is 0 Å². The number of anilines is 1. The van der Waals surface area contributed by atoms with Gasteiger partial charge in [0.2, 0.25) is 5.91 Å². The van der Waals surface area contributed by atoms with Gasteiger partial charge in [-0.2, -0.15) is 0 Å². The third kappa shape index (κ3) is 2.83. The third-order valence-electron chi connectivity index (χ3n) is 3.59. The van der Waals surface area contributed by atoms with Crippen molar-refractivity contribution in [3.05, 3.63) is 60.7 Å². The summed E-state index contributed by atoms with van der Waals surface area (Å²) in [6, 6.07) is 15.1. The molecular weight excluding hydrogens is 316 g/mol. The van der Waals surface area contributed by atoms with Gasteiger partial charge in [-0.3, -0.25) is 14.9 Å². The summed E-state index contributed by atoms with van der Waals surface area (Å²) in [6.07, 6.45) is 0. The Morgan fingerprint density at radius 1 is 0.826 bits per heavy atom. The Morgan fingerprint density at radius 3 is 2.00 bits per heavy atom. The molecule has 2 amide bonds.